The van der Waals surface area contributed by atoms with Crippen molar-refractivity contribution in [2.24, 2.45) is 0 Å². The quantitative estimate of drug-likeness (QED) is 0.200. The van der Waals surface area contributed by atoms with Gasteiger partial charge >= 0.3 is 0 Å². The zero-order valence-electron chi connectivity index (χ0n) is 21.6. The van der Waals surface area contributed by atoms with Gasteiger partial charge in [0.1, 0.15) is 0 Å². The van der Waals surface area contributed by atoms with Crippen molar-refractivity contribution in [3.05, 3.63) is 125 Å². The van der Waals surface area contributed by atoms with Gasteiger partial charge < -0.3 is 16.0 Å². The van der Waals surface area contributed by atoms with Crippen molar-refractivity contribution in [1.29, 1.82) is 0 Å². The average molecular weight is 544 g/mol. The molecule has 6 rings (SSSR count). The van der Waals surface area contributed by atoms with E-state index in [9.17, 15) is 9.59 Å². The largest absolute Gasteiger partial charge is 0.346 e. The molecule has 0 radical (unpaired) electrons. The number of thiophene rings is 1. The fourth-order valence-corrected chi connectivity index (χ4v) is 5.50. The standard InChI is InChI=1S/C32H25N5O2S/c1-20-8-2-6-12-26(20)36-30-27(37-32(39)25-19-40-29-13-7-5-11-24(25)29)16-22(17-34-30)31(38)35-18-28-23-10-4-3-9-21(23)14-15-33-28/h2-17,19H,18H2,1H3,(H,34,36)(H,35,38)(H,37,39). The molecule has 0 saturated heterocycles. The fraction of sp³-hybridized carbons (Fsp3) is 0.0625. The first kappa shape index (κ1) is 25.2. The van der Waals surface area contributed by atoms with Crippen LogP contribution in [0.2, 0.25) is 0 Å². The van der Waals surface area contributed by atoms with E-state index in [1.165, 1.54) is 17.5 Å². The molecule has 0 unspecified atom stereocenters. The molecule has 0 spiro atoms. The van der Waals surface area contributed by atoms with Crippen LogP contribution in [-0.2, 0) is 6.54 Å². The van der Waals surface area contributed by atoms with Gasteiger partial charge in [0.2, 0.25) is 0 Å². The molecule has 0 bridgehead atoms. The number of para-hydroxylation sites is 1. The maximum atomic E-state index is 13.4. The van der Waals surface area contributed by atoms with Crippen molar-refractivity contribution in [3.8, 4) is 0 Å². The molecule has 0 aliphatic heterocycles. The van der Waals surface area contributed by atoms with E-state index in [2.05, 4.69) is 25.9 Å². The Hall–Kier alpha value is -5.08. The van der Waals surface area contributed by atoms with Crippen molar-refractivity contribution in [3.63, 3.8) is 0 Å². The Kier molecular flexibility index (Phi) is 6.91. The van der Waals surface area contributed by atoms with Gasteiger partial charge in [0.05, 0.1) is 29.1 Å². The molecule has 3 heterocycles. The molecule has 0 aliphatic rings. The van der Waals surface area contributed by atoms with Crippen LogP contribution in [0.15, 0.2) is 103 Å². The van der Waals surface area contributed by atoms with Crippen molar-refractivity contribution >= 4 is 61.2 Å². The van der Waals surface area contributed by atoms with E-state index in [-0.39, 0.29) is 18.4 Å². The fourth-order valence-electron chi connectivity index (χ4n) is 4.56. The topological polar surface area (TPSA) is 96.0 Å². The van der Waals surface area contributed by atoms with E-state index in [4.69, 9.17) is 0 Å². The molecule has 2 amide bonds. The normalized spacial score (nSPS) is 10.9. The molecular formula is C32H25N5O2S. The number of amides is 2. The van der Waals surface area contributed by atoms with Crippen LogP contribution in [0.25, 0.3) is 20.9 Å². The van der Waals surface area contributed by atoms with Crippen LogP contribution in [0, 0.1) is 6.92 Å². The van der Waals surface area contributed by atoms with Gasteiger partial charge in [0.15, 0.2) is 5.82 Å². The minimum Gasteiger partial charge on any atom is -0.346 e. The molecule has 0 fully saturated rings. The number of aryl methyl sites for hydroxylation is 1. The number of aromatic nitrogens is 2. The van der Waals surface area contributed by atoms with E-state index in [1.807, 2.05) is 91.2 Å². The summed E-state index contributed by atoms with van der Waals surface area (Å²) in [6.07, 6.45) is 3.24. The number of benzene rings is 3. The molecule has 0 saturated carbocycles. The summed E-state index contributed by atoms with van der Waals surface area (Å²) in [6.45, 7) is 2.24. The van der Waals surface area contributed by atoms with Crippen molar-refractivity contribution < 1.29 is 9.59 Å². The Morgan fingerprint density at radius 3 is 2.48 bits per heavy atom. The summed E-state index contributed by atoms with van der Waals surface area (Å²) < 4.78 is 1.03. The third kappa shape index (κ3) is 5.12. The first-order valence-electron chi connectivity index (χ1n) is 12.8. The molecule has 40 heavy (non-hydrogen) atoms. The van der Waals surface area contributed by atoms with E-state index in [1.54, 1.807) is 12.3 Å². The van der Waals surface area contributed by atoms with Gasteiger partial charge in [0.25, 0.3) is 11.8 Å². The highest BCUT2D eigenvalue weighted by atomic mass is 32.1. The Labute approximate surface area is 234 Å². The predicted molar refractivity (Wildman–Crippen MR) is 161 cm³/mol. The van der Waals surface area contributed by atoms with Crippen LogP contribution in [-0.4, -0.2) is 21.8 Å². The molecule has 0 aliphatic carbocycles. The highest BCUT2D eigenvalue weighted by Gasteiger charge is 2.18. The van der Waals surface area contributed by atoms with Crippen molar-refractivity contribution in [1.82, 2.24) is 15.3 Å². The first-order valence-corrected chi connectivity index (χ1v) is 13.7. The lowest BCUT2D eigenvalue weighted by Crippen LogP contribution is -2.24. The average Bonchev–Trinajstić information content (AvgIpc) is 3.42. The number of hydrogen-bond donors (Lipinski definition) is 3. The van der Waals surface area contributed by atoms with Crippen LogP contribution >= 0.6 is 11.3 Å². The lowest BCUT2D eigenvalue weighted by Gasteiger charge is -2.15. The van der Waals surface area contributed by atoms with Crippen LogP contribution in [0.3, 0.4) is 0 Å². The monoisotopic (exact) mass is 543 g/mol. The maximum absolute atomic E-state index is 13.4. The maximum Gasteiger partial charge on any atom is 0.257 e. The number of nitrogens with one attached hydrogen (secondary N) is 3. The highest BCUT2D eigenvalue weighted by molar-refractivity contribution is 7.17. The SMILES string of the molecule is Cc1ccccc1Nc1ncc(C(=O)NCc2nccc3ccccc23)cc1NC(=O)c1csc2ccccc12. The molecule has 3 N–H and O–H groups in total. The Morgan fingerprint density at radius 1 is 0.825 bits per heavy atom. The zero-order valence-corrected chi connectivity index (χ0v) is 22.5. The smallest absolute Gasteiger partial charge is 0.257 e. The van der Waals surface area contributed by atoms with Gasteiger partial charge in [-0.1, -0.05) is 60.7 Å². The lowest BCUT2D eigenvalue weighted by molar-refractivity contribution is 0.0949. The molecule has 3 aromatic carbocycles. The second kappa shape index (κ2) is 11.0. The zero-order chi connectivity index (χ0) is 27.5. The summed E-state index contributed by atoms with van der Waals surface area (Å²) in [5.74, 6) is -0.153. The number of carbonyl (C=O) groups excluding carboxylic acids is 2. The van der Waals surface area contributed by atoms with Crippen LogP contribution < -0.4 is 16.0 Å². The summed E-state index contributed by atoms with van der Waals surface area (Å²) in [5.41, 5.74) is 3.94. The minimum atomic E-state index is -0.318. The molecule has 7 nitrogen and oxygen atoms in total. The van der Waals surface area contributed by atoms with Gasteiger partial charge in [0, 0.05) is 38.9 Å². The van der Waals surface area contributed by atoms with Crippen molar-refractivity contribution in [2.45, 2.75) is 13.5 Å². The van der Waals surface area contributed by atoms with E-state index >= 15 is 0 Å². The van der Waals surface area contributed by atoms with E-state index in [0.717, 1.165) is 37.8 Å². The third-order valence-electron chi connectivity index (χ3n) is 6.69. The van der Waals surface area contributed by atoms with Gasteiger partial charge in [-0.15, -0.1) is 11.3 Å². The Balaban J connectivity index is 1.29. The summed E-state index contributed by atoms with van der Waals surface area (Å²) in [5, 5.41) is 14.0. The molecule has 3 aromatic heterocycles. The third-order valence-corrected chi connectivity index (χ3v) is 7.66. The molecule has 0 atom stereocenters. The molecule has 196 valence electrons. The van der Waals surface area contributed by atoms with Crippen molar-refractivity contribution in [2.75, 3.05) is 10.6 Å². The minimum absolute atomic E-state index is 0.256. The lowest BCUT2D eigenvalue weighted by atomic mass is 10.1. The summed E-state index contributed by atoms with van der Waals surface area (Å²) in [7, 11) is 0. The van der Waals surface area contributed by atoms with E-state index < -0.39 is 0 Å². The number of carbonyl (C=O) groups is 2. The van der Waals surface area contributed by atoms with Crippen LogP contribution in [0.1, 0.15) is 32.0 Å². The number of hydrogen-bond acceptors (Lipinski definition) is 6. The number of anilines is 3. The molecule has 8 heteroatoms. The highest BCUT2D eigenvalue weighted by Crippen LogP contribution is 2.30. The number of fused-ring (bicyclic) bond motifs is 2. The van der Waals surface area contributed by atoms with Gasteiger partial charge in [-0.05, 0) is 42.1 Å². The second-order valence-electron chi connectivity index (χ2n) is 9.32. The molecule has 6 aromatic rings. The summed E-state index contributed by atoms with van der Waals surface area (Å²) in [6, 6.07) is 27.1. The van der Waals surface area contributed by atoms with Gasteiger partial charge in [-0.2, -0.15) is 0 Å². The summed E-state index contributed by atoms with van der Waals surface area (Å²) >= 11 is 1.51. The van der Waals surface area contributed by atoms with Crippen LogP contribution in [0.4, 0.5) is 17.2 Å². The Bertz CT molecular complexity index is 1880. The Morgan fingerprint density at radius 2 is 1.60 bits per heavy atom. The second-order valence-corrected chi connectivity index (χ2v) is 10.2. The number of rotatable bonds is 7. The number of nitrogens with zero attached hydrogens (tertiary/aromatic N) is 2. The van der Waals surface area contributed by atoms with Gasteiger partial charge in [-0.25, -0.2) is 4.98 Å². The summed E-state index contributed by atoms with van der Waals surface area (Å²) in [4.78, 5) is 35.6. The van der Waals surface area contributed by atoms with Gasteiger partial charge in [-0.3, -0.25) is 14.6 Å². The first-order chi connectivity index (χ1) is 19.6. The van der Waals surface area contributed by atoms with Crippen LogP contribution in [0.5, 0.6) is 0 Å². The van der Waals surface area contributed by atoms with E-state index in [0.29, 0.717) is 22.6 Å². The predicted octanol–water partition coefficient (Wildman–Crippen LogP) is 7.08. The number of pyridine rings is 2. The molecular weight excluding hydrogens is 518 g/mol.